The SMILES string of the molecule is Brc1cccc(-n2cc(-c3ccccc3)cn2)c1. The van der Waals surface area contributed by atoms with Crippen LogP contribution in [0.25, 0.3) is 16.8 Å². The summed E-state index contributed by atoms with van der Waals surface area (Å²) >= 11 is 3.47. The standard InChI is InChI=1S/C15H11BrN2/c16-14-7-4-8-15(9-14)18-11-13(10-17-18)12-5-2-1-3-6-12/h1-11H. The first kappa shape index (κ1) is 11.2. The number of hydrogen-bond donors (Lipinski definition) is 0. The lowest BCUT2D eigenvalue weighted by molar-refractivity contribution is 0.880. The molecule has 1 heterocycles. The Labute approximate surface area is 114 Å². The van der Waals surface area contributed by atoms with Crippen LogP contribution in [-0.2, 0) is 0 Å². The summed E-state index contributed by atoms with van der Waals surface area (Å²) in [6.07, 6.45) is 3.92. The topological polar surface area (TPSA) is 17.8 Å². The van der Waals surface area contributed by atoms with Crippen molar-refractivity contribution in [1.29, 1.82) is 0 Å². The number of rotatable bonds is 2. The number of nitrogens with zero attached hydrogens (tertiary/aromatic N) is 2. The van der Waals surface area contributed by atoms with Crippen LogP contribution in [0.3, 0.4) is 0 Å². The molecular weight excluding hydrogens is 288 g/mol. The molecule has 2 aromatic carbocycles. The minimum atomic E-state index is 1.05. The van der Waals surface area contributed by atoms with E-state index >= 15 is 0 Å². The number of benzene rings is 2. The van der Waals surface area contributed by atoms with E-state index in [4.69, 9.17) is 0 Å². The third kappa shape index (κ3) is 2.22. The minimum Gasteiger partial charge on any atom is -0.240 e. The number of hydrogen-bond acceptors (Lipinski definition) is 1. The van der Waals surface area contributed by atoms with E-state index in [1.165, 1.54) is 5.56 Å². The molecule has 18 heavy (non-hydrogen) atoms. The molecule has 88 valence electrons. The van der Waals surface area contributed by atoms with E-state index in [0.29, 0.717) is 0 Å². The van der Waals surface area contributed by atoms with Gasteiger partial charge in [-0.15, -0.1) is 0 Å². The Morgan fingerprint density at radius 3 is 2.50 bits per heavy atom. The van der Waals surface area contributed by atoms with E-state index in [9.17, 15) is 0 Å². The summed E-state index contributed by atoms with van der Waals surface area (Å²) in [6, 6.07) is 18.3. The molecular formula is C15H11BrN2. The highest BCUT2D eigenvalue weighted by atomic mass is 79.9. The molecule has 0 aliphatic heterocycles. The number of halogens is 1. The quantitative estimate of drug-likeness (QED) is 0.690. The van der Waals surface area contributed by atoms with Crippen LogP contribution in [0.2, 0.25) is 0 Å². The summed E-state index contributed by atoms with van der Waals surface area (Å²) in [5, 5.41) is 4.40. The molecule has 0 atom stereocenters. The summed E-state index contributed by atoms with van der Waals surface area (Å²) in [5.41, 5.74) is 3.35. The Bertz CT molecular complexity index is 659. The molecule has 0 saturated carbocycles. The average Bonchev–Trinajstić information content (AvgIpc) is 2.89. The van der Waals surface area contributed by atoms with Crippen LogP contribution in [0.5, 0.6) is 0 Å². The molecule has 0 N–H and O–H groups in total. The second-order valence-electron chi connectivity index (χ2n) is 4.02. The fraction of sp³-hybridized carbons (Fsp3) is 0. The molecule has 0 aliphatic carbocycles. The predicted molar refractivity (Wildman–Crippen MR) is 76.7 cm³/mol. The molecule has 0 unspecified atom stereocenters. The average molecular weight is 299 g/mol. The fourth-order valence-electron chi connectivity index (χ4n) is 1.86. The first-order valence-electron chi connectivity index (χ1n) is 5.69. The predicted octanol–water partition coefficient (Wildman–Crippen LogP) is 4.30. The Balaban J connectivity index is 2.00. The maximum absolute atomic E-state index is 4.40. The summed E-state index contributed by atoms with van der Waals surface area (Å²) in [5.74, 6) is 0. The highest BCUT2D eigenvalue weighted by molar-refractivity contribution is 9.10. The monoisotopic (exact) mass is 298 g/mol. The zero-order chi connectivity index (χ0) is 12.4. The van der Waals surface area contributed by atoms with Crippen LogP contribution in [-0.4, -0.2) is 9.78 Å². The summed E-state index contributed by atoms with van der Waals surface area (Å²) in [6.45, 7) is 0. The van der Waals surface area contributed by atoms with Gasteiger partial charge in [0.15, 0.2) is 0 Å². The van der Waals surface area contributed by atoms with Crippen molar-refractivity contribution in [1.82, 2.24) is 9.78 Å². The zero-order valence-corrected chi connectivity index (χ0v) is 11.2. The van der Waals surface area contributed by atoms with E-state index in [0.717, 1.165) is 15.7 Å². The second kappa shape index (κ2) is 4.78. The molecule has 0 aliphatic rings. The molecule has 0 radical (unpaired) electrons. The molecule has 3 aromatic rings. The Morgan fingerprint density at radius 2 is 1.72 bits per heavy atom. The van der Waals surface area contributed by atoms with Crippen molar-refractivity contribution in [2.24, 2.45) is 0 Å². The molecule has 0 bridgehead atoms. The van der Waals surface area contributed by atoms with Gasteiger partial charge in [-0.05, 0) is 23.8 Å². The molecule has 0 saturated heterocycles. The first-order valence-corrected chi connectivity index (χ1v) is 6.48. The molecule has 3 heteroatoms. The smallest absolute Gasteiger partial charge is 0.0657 e. The van der Waals surface area contributed by atoms with Crippen molar-refractivity contribution >= 4 is 15.9 Å². The maximum Gasteiger partial charge on any atom is 0.0657 e. The third-order valence-corrected chi connectivity index (χ3v) is 3.26. The summed E-state index contributed by atoms with van der Waals surface area (Å²) in [7, 11) is 0. The van der Waals surface area contributed by atoms with Crippen molar-refractivity contribution in [3.8, 4) is 16.8 Å². The van der Waals surface area contributed by atoms with Gasteiger partial charge in [0, 0.05) is 16.2 Å². The van der Waals surface area contributed by atoms with Gasteiger partial charge in [0.25, 0.3) is 0 Å². The fourth-order valence-corrected chi connectivity index (χ4v) is 2.25. The first-order chi connectivity index (χ1) is 8.83. The van der Waals surface area contributed by atoms with Gasteiger partial charge in [0.2, 0.25) is 0 Å². The lowest BCUT2D eigenvalue weighted by atomic mass is 10.1. The van der Waals surface area contributed by atoms with Crippen LogP contribution in [0.1, 0.15) is 0 Å². The van der Waals surface area contributed by atoms with E-state index < -0.39 is 0 Å². The lowest BCUT2D eigenvalue weighted by Gasteiger charge is -2.01. The zero-order valence-electron chi connectivity index (χ0n) is 9.62. The van der Waals surface area contributed by atoms with E-state index in [2.05, 4.69) is 33.2 Å². The van der Waals surface area contributed by atoms with Crippen molar-refractivity contribution in [2.75, 3.05) is 0 Å². The van der Waals surface area contributed by atoms with Crippen LogP contribution in [0.15, 0.2) is 71.5 Å². The Kier molecular flexibility index (Phi) is 2.99. The van der Waals surface area contributed by atoms with Gasteiger partial charge in [-0.3, -0.25) is 0 Å². The van der Waals surface area contributed by atoms with Crippen molar-refractivity contribution in [3.05, 3.63) is 71.5 Å². The second-order valence-corrected chi connectivity index (χ2v) is 4.94. The van der Waals surface area contributed by atoms with Crippen molar-refractivity contribution < 1.29 is 0 Å². The minimum absolute atomic E-state index is 1.05. The van der Waals surface area contributed by atoms with Gasteiger partial charge in [-0.25, -0.2) is 4.68 Å². The van der Waals surface area contributed by atoms with Gasteiger partial charge in [-0.1, -0.05) is 52.3 Å². The highest BCUT2D eigenvalue weighted by Crippen LogP contribution is 2.20. The van der Waals surface area contributed by atoms with Gasteiger partial charge < -0.3 is 0 Å². The van der Waals surface area contributed by atoms with E-state index in [1.54, 1.807) is 0 Å². The van der Waals surface area contributed by atoms with Crippen LogP contribution >= 0.6 is 15.9 Å². The molecule has 0 fully saturated rings. The molecule has 2 nitrogen and oxygen atoms in total. The normalized spacial score (nSPS) is 10.5. The maximum atomic E-state index is 4.40. The Morgan fingerprint density at radius 1 is 0.889 bits per heavy atom. The molecule has 0 amide bonds. The van der Waals surface area contributed by atoms with Crippen molar-refractivity contribution in [3.63, 3.8) is 0 Å². The van der Waals surface area contributed by atoms with Gasteiger partial charge in [-0.2, -0.15) is 5.10 Å². The van der Waals surface area contributed by atoms with Crippen LogP contribution in [0, 0.1) is 0 Å². The molecule has 0 spiro atoms. The van der Waals surface area contributed by atoms with E-state index in [-0.39, 0.29) is 0 Å². The highest BCUT2D eigenvalue weighted by Gasteiger charge is 2.02. The van der Waals surface area contributed by atoms with Gasteiger partial charge in [0.1, 0.15) is 0 Å². The number of aromatic nitrogens is 2. The molecule has 1 aromatic heterocycles. The summed E-state index contributed by atoms with van der Waals surface area (Å²) in [4.78, 5) is 0. The third-order valence-electron chi connectivity index (χ3n) is 2.76. The van der Waals surface area contributed by atoms with Crippen LogP contribution < -0.4 is 0 Å². The Hall–Kier alpha value is -1.87. The van der Waals surface area contributed by atoms with Gasteiger partial charge in [0.05, 0.1) is 11.9 Å². The summed E-state index contributed by atoms with van der Waals surface area (Å²) < 4.78 is 2.93. The van der Waals surface area contributed by atoms with Crippen LogP contribution in [0.4, 0.5) is 0 Å². The van der Waals surface area contributed by atoms with Crippen molar-refractivity contribution in [2.45, 2.75) is 0 Å². The largest absolute Gasteiger partial charge is 0.240 e. The van der Waals surface area contributed by atoms with E-state index in [1.807, 2.05) is 59.5 Å². The molecule has 3 rings (SSSR count). The van der Waals surface area contributed by atoms with Gasteiger partial charge >= 0.3 is 0 Å². The lowest BCUT2D eigenvalue weighted by Crippen LogP contribution is -1.93.